The van der Waals surface area contributed by atoms with Gasteiger partial charge in [-0.1, -0.05) is 17.7 Å². The van der Waals surface area contributed by atoms with Crippen LogP contribution in [0.1, 0.15) is 30.9 Å². The van der Waals surface area contributed by atoms with Gasteiger partial charge in [0, 0.05) is 0 Å². The van der Waals surface area contributed by atoms with Crippen molar-refractivity contribution in [3.05, 3.63) is 41.2 Å². The van der Waals surface area contributed by atoms with Crippen molar-refractivity contribution < 1.29 is 9.13 Å². The lowest BCUT2D eigenvalue weighted by atomic mass is 9.99. The average molecular weight is 221 g/mol. The SMILES string of the molecule is COc1cc(C(N)C2=CCCC2)ccc1F. The monoisotopic (exact) mass is 221 g/mol. The Kier molecular flexibility index (Phi) is 3.25. The summed E-state index contributed by atoms with van der Waals surface area (Å²) in [5.74, 6) is -0.0922. The molecule has 1 atom stereocenters. The van der Waals surface area contributed by atoms with Crippen LogP contribution in [0.3, 0.4) is 0 Å². The van der Waals surface area contributed by atoms with Gasteiger partial charge in [0.1, 0.15) is 0 Å². The molecule has 0 saturated heterocycles. The molecule has 16 heavy (non-hydrogen) atoms. The van der Waals surface area contributed by atoms with Crippen LogP contribution in [0.15, 0.2) is 29.8 Å². The molecular weight excluding hydrogens is 205 g/mol. The summed E-state index contributed by atoms with van der Waals surface area (Å²) in [6.07, 6.45) is 5.49. The number of methoxy groups -OCH3 is 1. The van der Waals surface area contributed by atoms with Crippen molar-refractivity contribution in [1.29, 1.82) is 0 Å². The zero-order valence-corrected chi connectivity index (χ0v) is 9.37. The van der Waals surface area contributed by atoms with Gasteiger partial charge in [-0.25, -0.2) is 4.39 Å². The molecule has 1 unspecified atom stereocenters. The molecule has 0 radical (unpaired) electrons. The van der Waals surface area contributed by atoms with Crippen molar-refractivity contribution in [2.24, 2.45) is 5.73 Å². The average Bonchev–Trinajstić information content (AvgIpc) is 2.82. The first kappa shape index (κ1) is 11.1. The Morgan fingerprint density at radius 2 is 2.25 bits per heavy atom. The Hall–Kier alpha value is -1.35. The minimum atomic E-state index is -0.348. The van der Waals surface area contributed by atoms with E-state index in [0.717, 1.165) is 18.4 Å². The lowest BCUT2D eigenvalue weighted by molar-refractivity contribution is 0.385. The van der Waals surface area contributed by atoms with E-state index >= 15 is 0 Å². The van der Waals surface area contributed by atoms with E-state index in [2.05, 4.69) is 6.08 Å². The van der Waals surface area contributed by atoms with E-state index < -0.39 is 0 Å². The third-order valence-corrected chi connectivity index (χ3v) is 3.01. The Balaban J connectivity index is 2.26. The summed E-state index contributed by atoms with van der Waals surface area (Å²) in [7, 11) is 1.46. The first-order valence-electron chi connectivity index (χ1n) is 5.50. The topological polar surface area (TPSA) is 35.2 Å². The lowest BCUT2D eigenvalue weighted by Gasteiger charge is -2.14. The van der Waals surface area contributed by atoms with E-state index in [1.165, 1.54) is 25.2 Å². The summed E-state index contributed by atoms with van der Waals surface area (Å²) in [6.45, 7) is 0. The van der Waals surface area contributed by atoms with E-state index in [0.29, 0.717) is 0 Å². The van der Waals surface area contributed by atoms with Crippen LogP contribution < -0.4 is 10.5 Å². The van der Waals surface area contributed by atoms with Gasteiger partial charge < -0.3 is 10.5 Å². The van der Waals surface area contributed by atoms with Gasteiger partial charge in [0.15, 0.2) is 11.6 Å². The second-order valence-electron chi connectivity index (χ2n) is 4.04. The highest BCUT2D eigenvalue weighted by Crippen LogP contribution is 2.31. The Morgan fingerprint density at radius 1 is 1.44 bits per heavy atom. The molecule has 0 aromatic heterocycles. The van der Waals surface area contributed by atoms with Crippen LogP contribution in [0.5, 0.6) is 5.75 Å². The summed E-state index contributed by atoms with van der Waals surface area (Å²) in [6, 6.07) is 4.68. The van der Waals surface area contributed by atoms with Crippen molar-refractivity contribution in [2.45, 2.75) is 25.3 Å². The van der Waals surface area contributed by atoms with Crippen LogP contribution in [0.4, 0.5) is 4.39 Å². The van der Waals surface area contributed by atoms with Crippen LogP contribution >= 0.6 is 0 Å². The molecule has 2 rings (SSSR count). The Bertz CT molecular complexity index is 414. The quantitative estimate of drug-likeness (QED) is 0.796. The van der Waals surface area contributed by atoms with Gasteiger partial charge in [-0.05, 0) is 37.0 Å². The van der Waals surface area contributed by atoms with E-state index in [1.54, 1.807) is 12.1 Å². The highest BCUT2D eigenvalue weighted by molar-refractivity contribution is 5.36. The van der Waals surface area contributed by atoms with Gasteiger partial charge in [-0.15, -0.1) is 0 Å². The van der Waals surface area contributed by atoms with E-state index in [9.17, 15) is 4.39 Å². The number of benzene rings is 1. The third-order valence-electron chi connectivity index (χ3n) is 3.01. The predicted octanol–water partition coefficient (Wildman–Crippen LogP) is 2.94. The molecule has 2 nitrogen and oxygen atoms in total. The minimum absolute atomic E-state index is 0.128. The fourth-order valence-corrected chi connectivity index (χ4v) is 2.06. The number of ether oxygens (including phenoxy) is 1. The second kappa shape index (κ2) is 4.66. The predicted molar refractivity (Wildman–Crippen MR) is 61.8 cm³/mol. The summed E-state index contributed by atoms with van der Waals surface area (Å²) in [5.41, 5.74) is 8.28. The molecule has 1 aromatic carbocycles. The summed E-state index contributed by atoms with van der Waals surface area (Å²) < 4.78 is 18.2. The summed E-state index contributed by atoms with van der Waals surface area (Å²) in [5, 5.41) is 0. The van der Waals surface area contributed by atoms with Crippen LogP contribution in [0.2, 0.25) is 0 Å². The van der Waals surface area contributed by atoms with Gasteiger partial charge in [0.2, 0.25) is 0 Å². The largest absolute Gasteiger partial charge is 0.494 e. The molecule has 86 valence electrons. The summed E-state index contributed by atoms with van der Waals surface area (Å²) in [4.78, 5) is 0. The molecule has 1 aromatic rings. The highest BCUT2D eigenvalue weighted by atomic mass is 19.1. The van der Waals surface area contributed by atoms with E-state index in [4.69, 9.17) is 10.5 Å². The fourth-order valence-electron chi connectivity index (χ4n) is 2.06. The normalized spacial score (nSPS) is 17.1. The number of halogens is 1. The fraction of sp³-hybridized carbons (Fsp3) is 0.385. The van der Waals surface area contributed by atoms with Crippen molar-refractivity contribution >= 4 is 0 Å². The zero-order valence-electron chi connectivity index (χ0n) is 9.37. The molecule has 3 heteroatoms. The highest BCUT2D eigenvalue weighted by Gasteiger charge is 2.16. The maximum Gasteiger partial charge on any atom is 0.165 e. The van der Waals surface area contributed by atoms with Gasteiger partial charge in [0.05, 0.1) is 13.2 Å². The van der Waals surface area contributed by atoms with Gasteiger partial charge in [0.25, 0.3) is 0 Å². The first-order valence-corrected chi connectivity index (χ1v) is 5.50. The first-order chi connectivity index (χ1) is 7.72. The smallest absolute Gasteiger partial charge is 0.165 e. The Labute approximate surface area is 94.9 Å². The zero-order chi connectivity index (χ0) is 11.5. The number of hydrogen-bond acceptors (Lipinski definition) is 2. The van der Waals surface area contributed by atoms with Crippen LogP contribution in [-0.4, -0.2) is 7.11 Å². The molecule has 0 fully saturated rings. The van der Waals surface area contributed by atoms with Crippen molar-refractivity contribution in [3.63, 3.8) is 0 Å². The summed E-state index contributed by atoms with van der Waals surface area (Å²) >= 11 is 0. The molecule has 1 aliphatic carbocycles. The number of nitrogens with two attached hydrogens (primary N) is 1. The lowest BCUT2D eigenvalue weighted by Crippen LogP contribution is -2.12. The van der Waals surface area contributed by atoms with Crippen LogP contribution in [0.25, 0.3) is 0 Å². The molecule has 0 saturated carbocycles. The van der Waals surface area contributed by atoms with Gasteiger partial charge in [-0.3, -0.25) is 0 Å². The van der Waals surface area contributed by atoms with Crippen molar-refractivity contribution in [2.75, 3.05) is 7.11 Å². The molecule has 0 amide bonds. The van der Waals surface area contributed by atoms with E-state index in [1.807, 2.05) is 0 Å². The molecule has 0 aliphatic heterocycles. The third kappa shape index (κ3) is 2.09. The minimum Gasteiger partial charge on any atom is -0.494 e. The van der Waals surface area contributed by atoms with Gasteiger partial charge in [-0.2, -0.15) is 0 Å². The van der Waals surface area contributed by atoms with Crippen LogP contribution in [0, 0.1) is 5.82 Å². The van der Waals surface area contributed by atoms with Crippen molar-refractivity contribution in [1.82, 2.24) is 0 Å². The van der Waals surface area contributed by atoms with Crippen molar-refractivity contribution in [3.8, 4) is 5.75 Å². The number of rotatable bonds is 3. The molecule has 0 heterocycles. The molecule has 2 N–H and O–H groups in total. The molecule has 0 spiro atoms. The van der Waals surface area contributed by atoms with Gasteiger partial charge >= 0.3 is 0 Å². The number of allylic oxidation sites excluding steroid dienone is 1. The number of hydrogen-bond donors (Lipinski definition) is 1. The van der Waals surface area contributed by atoms with E-state index in [-0.39, 0.29) is 17.6 Å². The van der Waals surface area contributed by atoms with Crippen LogP contribution in [-0.2, 0) is 0 Å². The maximum absolute atomic E-state index is 13.2. The standard InChI is InChI=1S/C13H16FNO/c1-16-12-8-10(6-7-11(12)14)13(15)9-4-2-3-5-9/h4,6-8,13H,2-3,5,15H2,1H3. The molecule has 1 aliphatic rings. The maximum atomic E-state index is 13.2. The Morgan fingerprint density at radius 3 is 2.88 bits per heavy atom. The second-order valence-corrected chi connectivity index (χ2v) is 4.04. The molecular formula is C13H16FNO. The molecule has 0 bridgehead atoms.